The average Bonchev–Trinajstić information content (AvgIpc) is 2.73. The third kappa shape index (κ3) is 7.39. The third-order valence-corrected chi connectivity index (χ3v) is 4.63. The summed E-state index contributed by atoms with van der Waals surface area (Å²) in [5, 5.41) is 9.26. The van der Waals surface area contributed by atoms with E-state index in [1.54, 1.807) is 19.2 Å². The Morgan fingerprint density at radius 1 is 1.10 bits per heavy atom. The summed E-state index contributed by atoms with van der Waals surface area (Å²) in [5.41, 5.74) is 1.64. The van der Waals surface area contributed by atoms with Crippen molar-refractivity contribution in [2.24, 2.45) is 4.99 Å². The van der Waals surface area contributed by atoms with Gasteiger partial charge < -0.3 is 20.7 Å². The van der Waals surface area contributed by atoms with Gasteiger partial charge in [-0.2, -0.15) is 0 Å². The number of nitrogens with one attached hydrogen (secondary N) is 3. The van der Waals surface area contributed by atoms with Crippen LogP contribution in [0.2, 0.25) is 0 Å². The molecule has 0 saturated heterocycles. The number of aliphatic imine (C=N–C) groups is 1. The van der Waals surface area contributed by atoms with Crippen molar-refractivity contribution in [3.05, 3.63) is 65.5 Å². The Balaban J connectivity index is 1.88. The molecule has 0 unspecified atom stereocenters. The molecule has 1 amide bonds. The molecule has 0 aromatic heterocycles. The molecule has 2 aromatic carbocycles. The van der Waals surface area contributed by atoms with E-state index < -0.39 is 0 Å². The maximum absolute atomic E-state index is 13.6. The van der Waals surface area contributed by atoms with Gasteiger partial charge in [-0.05, 0) is 42.3 Å². The number of hydrogen-bond acceptors (Lipinski definition) is 3. The molecule has 30 heavy (non-hydrogen) atoms. The van der Waals surface area contributed by atoms with Crippen molar-refractivity contribution in [2.45, 2.75) is 32.7 Å². The summed E-state index contributed by atoms with van der Waals surface area (Å²) >= 11 is 0. The Labute approximate surface area is 177 Å². The smallest absolute Gasteiger partial charge is 0.257 e. The molecule has 2 aromatic rings. The maximum atomic E-state index is 13.6. The largest absolute Gasteiger partial charge is 0.484 e. The van der Waals surface area contributed by atoms with Crippen LogP contribution in [0.3, 0.4) is 0 Å². The van der Waals surface area contributed by atoms with Crippen LogP contribution in [0.15, 0.2) is 53.5 Å². The van der Waals surface area contributed by atoms with Crippen LogP contribution in [0.1, 0.15) is 31.9 Å². The van der Waals surface area contributed by atoms with Gasteiger partial charge in [-0.1, -0.05) is 38.1 Å². The van der Waals surface area contributed by atoms with Gasteiger partial charge in [0.15, 0.2) is 12.6 Å². The van der Waals surface area contributed by atoms with E-state index in [1.807, 2.05) is 37.3 Å². The van der Waals surface area contributed by atoms with E-state index in [4.69, 9.17) is 4.74 Å². The van der Waals surface area contributed by atoms with Crippen molar-refractivity contribution in [1.82, 2.24) is 16.0 Å². The van der Waals surface area contributed by atoms with Crippen molar-refractivity contribution in [2.75, 3.05) is 26.7 Å². The molecule has 6 nitrogen and oxygen atoms in total. The molecule has 0 saturated carbocycles. The first-order valence-electron chi connectivity index (χ1n) is 10.0. The van der Waals surface area contributed by atoms with Crippen LogP contribution in [-0.2, 0) is 16.8 Å². The van der Waals surface area contributed by atoms with Crippen molar-refractivity contribution in [3.8, 4) is 5.75 Å². The molecule has 0 aliphatic heterocycles. The number of benzene rings is 2. The number of likely N-dealkylation sites (N-methyl/N-ethyl adjacent to an activating group) is 1. The van der Waals surface area contributed by atoms with Gasteiger partial charge in [0.2, 0.25) is 0 Å². The van der Waals surface area contributed by atoms with Crippen molar-refractivity contribution < 1.29 is 13.9 Å². The summed E-state index contributed by atoms with van der Waals surface area (Å²) in [6.45, 7) is 7.67. The van der Waals surface area contributed by atoms with Gasteiger partial charge in [0.05, 0.1) is 0 Å². The molecular weight excluding hydrogens is 383 g/mol. The van der Waals surface area contributed by atoms with E-state index in [0.29, 0.717) is 31.3 Å². The summed E-state index contributed by atoms with van der Waals surface area (Å²) in [6, 6.07) is 14.2. The fourth-order valence-corrected chi connectivity index (χ4v) is 2.86. The molecule has 0 radical (unpaired) electrons. The zero-order valence-corrected chi connectivity index (χ0v) is 18.1. The molecule has 0 aliphatic carbocycles. The van der Waals surface area contributed by atoms with Gasteiger partial charge in [0.1, 0.15) is 11.6 Å². The second kappa shape index (κ2) is 11.2. The van der Waals surface area contributed by atoms with Crippen LogP contribution >= 0.6 is 0 Å². The molecule has 0 heterocycles. The second-order valence-electron chi connectivity index (χ2n) is 7.56. The van der Waals surface area contributed by atoms with Gasteiger partial charge in [-0.25, -0.2) is 4.39 Å². The first-order valence-corrected chi connectivity index (χ1v) is 10.0. The molecule has 7 heteroatoms. The van der Waals surface area contributed by atoms with E-state index in [2.05, 4.69) is 34.8 Å². The Bertz CT molecular complexity index is 868. The van der Waals surface area contributed by atoms with Crippen LogP contribution < -0.4 is 20.7 Å². The van der Waals surface area contributed by atoms with E-state index in [-0.39, 0.29) is 23.7 Å². The zero-order chi connectivity index (χ0) is 22.0. The summed E-state index contributed by atoms with van der Waals surface area (Å²) in [4.78, 5) is 15.8. The van der Waals surface area contributed by atoms with Gasteiger partial charge in [0.25, 0.3) is 5.91 Å². The highest BCUT2D eigenvalue weighted by Crippen LogP contribution is 2.22. The monoisotopic (exact) mass is 414 g/mol. The predicted molar refractivity (Wildman–Crippen MR) is 118 cm³/mol. The number of guanidine groups is 1. The predicted octanol–water partition coefficient (Wildman–Crippen LogP) is 2.98. The Kier molecular flexibility index (Phi) is 8.65. The Morgan fingerprint density at radius 2 is 1.87 bits per heavy atom. The number of nitrogens with zero attached hydrogens (tertiary/aromatic N) is 1. The fourth-order valence-electron chi connectivity index (χ4n) is 2.86. The highest BCUT2D eigenvalue weighted by molar-refractivity contribution is 5.79. The molecule has 3 N–H and O–H groups in total. The lowest BCUT2D eigenvalue weighted by atomic mass is 9.84. The number of rotatable bonds is 9. The number of carbonyl (C=O) groups excluding carboxylic acids is 1. The molecule has 0 bridgehead atoms. The van der Waals surface area contributed by atoms with E-state index >= 15 is 0 Å². The van der Waals surface area contributed by atoms with Gasteiger partial charge >= 0.3 is 0 Å². The quantitative estimate of drug-likeness (QED) is 0.436. The van der Waals surface area contributed by atoms with Crippen LogP contribution in [0.4, 0.5) is 4.39 Å². The number of hydrogen-bond donors (Lipinski definition) is 3. The number of ether oxygens (including phenoxy) is 1. The van der Waals surface area contributed by atoms with E-state index in [0.717, 1.165) is 11.1 Å². The second-order valence-corrected chi connectivity index (χ2v) is 7.56. The first kappa shape index (κ1) is 23.2. The Hall–Kier alpha value is -3.09. The number of carbonyl (C=O) groups is 1. The molecule has 2 rings (SSSR count). The minimum absolute atomic E-state index is 0.0108. The standard InChI is InChI=1S/C23H31FN4O2/c1-5-26-21(29)15-30-20-11-6-8-17(12-20)14-27-22(25-4)28-16-23(2,3)18-9-7-10-19(24)13-18/h6-13H,5,14-16H2,1-4H3,(H,26,29)(H2,25,27,28). The van der Waals surface area contributed by atoms with Crippen LogP contribution in [0.5, 0.6) is 5.75 Å². The Morgan fingerprint density at radius 3 is 2.57 bits per heavy atom. The van der Waals surface area contributed by atoms with Crippen LogP contribution in [0.25, 0.3) is 0 Å². The van der Waals surface area contributed by atoms with Gasteiger partial charge in [-0.3, -0.25) is 9.79 Å². The van der Waals surface area contributed by atoms with Crippen molar-refractivity contribution in [1.29, 1.82) is 0 Å². The lowest BCUT2D eigenvalue weighted by Crippen LogP contribution is -2.43. The number of halogens is 1. The van der Waals surface area contributed by atoms with Gasteiger partial charge in [0, 0.05) is 32.1 Å². The summed E-state index contributed by atoms with van der Waals surface area (Å²) < 4.78 is 19.1. The molecule has 0 atom stereocenters. The summed E-state index contributed by atoms with van der Waals surface area (Å²) in [6.07, 6.45) is 0. The average molecular weight is 415 g/mol. The molecule has 0 fully saturated rings. The minimum atomic E-state index is -0.271. The maximum Gasteiger partial charge on any atom is 0.257 e. The van der Waals surface area contributed by atoms with Crippen molar-refractivity contribution >= 4 is 11.9 Å². The van der Waals surface area contributed by atoms with Gasteiger partial charge in [-0.15, -0.1) is 0 Å². The van der Waals surface area contributed by atoms with E-state index in [9.17, 15) is 9.18 Å². The minimum Gasteiger partial charge on any atom is -0.484 e. The highest BCUT2D eigenvalue weighted by atomic mass is 19.1. The topological polar surface area (TPSA) is 74.8 Å². The molecule has 0 spiro atoms. The van der Waals surface area contributed by atoms with Crippen LogP contribution in [0, 0.1) is 5.82 Å². The summed E-state index contributed by atoms with van der Waals surface area (Å²) in [7, 11) is 1.70. The third-order valence-electron chi connectivity index (χ3n) is 4.63. The fraction of sp³-hybridized carbons (Fsp3) is 0.391. The first-order chi connectivity index (χ1) is 14.3. The highest BCUT2D eigenvalue weighted by Gasteiger charge is 2.21. The van der Waals surface area contributed by atoms with Crippen molar-refractivity contribution in [3.63, 3.8) is 0 Å². The summed E-state index contributed by atoms with van der Waals surface area (Å²) in [5.74, 6) is 0.896. The molecule has 0 aliphatic rings. The van der Waals surface area contributed by atoms with E-state index in [1.165, 1.54) is 6.07 Å². The molecule has 162 valence electrons. The number of amides is 1. The molecular formula is C23H31FN4O2. The normalized spacial score (nSPS) is 11.7. The van der Waals surface area contributed by atoms with Crippen LogP contribution in [-0.4, -0.2) is 38.6 Å². The lowest BCUT2D eigenvalue weighted by Gasteiger charge is -2.27. The SMILES string of the molecule is CCNC(=O)COc1cccc(CNC(=NC)NCC(C)(C)c2cccc(F)c2)c1. The zero-order valence-electron chi connectivity index (χ0n) is 18.1. The lowest BCUT2D eigenvalue weighted by molar-refractivity contribution is -0.122.